The van der Waals surface area contributed by atoms with Crippen molar-refractivity contribution in [1.82, 2.24) is 0 Å². The fourth-order valence-electron chi connectivity index (χ4n) is 4.73. The third-order valence-electron chi connectivity index (χ3n) is 6.46. The van der Waals surface area contributed by atoms with Crippen LogP contribution in [0.25, 0.3) is 0 Å². The van der Waals surface area contributed by atoms with Crippen molar-refractivity contribution in [3.63, 3.8) is 0 Å². The average molecular weight is 407 g/mol. The van der Waals surface area contributed by atoms with Gasteiger partial charge in [-0.2, -0.15) is 0 Å². The second kappa shape index (κ2) is 14.7. The Morgan fingerprint density at radius 2 is 1.55 bits per heavy atom. The minimum Gasteiger partial charge on any atom is -0.381 e. The van der Waals surface area contributed by atoms with Crippen LogP contribution in [-0.4, -0.2) is 32.7 Å². The van der Waals surface area contributed by atoms with Crippen LogP contribution in [0.3, 0.4) is 0 Å². The number of methoxy groups -OCH3 is 2. The summed E-state index contributed by atoms with van der Waals surface area (Å²) in [7, 11) is 3.57. The van der Waals surface area contributed by atoms with Crippen molar-refractivity contribution in [3.05, 3.63) is 36.5 Å². The molecule has 0 N–H and O–H groups in total. The molecular weight excluding hydrogens is 360 g/mol. The van der Waals surface area contributed by atoms with Crippen LogP contribution in [-0.2, 0) is 14.3 Å². The van der Waals surface area contributed by atoms with E-state index in [1.54, 1.807) is 13.2 Å². The van der Waals surface area contributed by atoms with Crippen LogP contribution in [0.4, 0.5) is 0 Å². The summed E-state index contributed by atoms with van der Waals surface area (Å²) in [6.07, 6.45) is 11.5. The highest BCUT2D eigenvalue weighted by Gasteiger charge is 2.32. The molecule has 0 bridgehead atoms. The maximum atomic E-state index is 11.8. The highest BCUT2D eigenvalue weighted by molar-refractivity contribution is 5.55. The lowest BCUT2D eigenvalue weighted by atomic mass is 9.76. The van der Waals surface area contributed by atoms with Gasteiger partial charge in [0.2, 0.25) is 0 Å². The van der Waals surface area contributed by atoms with Gasteiger partial charge >= 0.3 is 0 Å². The molecule has 3 heteroatoms. The SMILES string of the molecule is C=C/C=C\C(C)C(C=O)C(C)C(OC)C(C)C/C(C)=C\C(C)C(OC)C(C)CC. The van der Waals surface area contributed by atoms with E-state index in [-0.39, 0.29) is 30.0 Å². The zero-order chi connectivity index (χ0) is 22.6. The van der Waals surface area contributed by atoms with Crippen molar-refractivity contribution in [3.8, 4) is 0 Å². The van der Waals surface area contributed by atoms with Gasteiger partial charge in [-0.05, 0) is 37.0 Å². The van der Waals surface area contributed by atoms with Crippen molar-refractivity contribution in [2.24, 2.45) is 35.5 Å². The van der Waals surface area contributed by atoms with Gasteiger partial charge in [-0.1, -0.05) is 84.4 Å². The standard InChI is InChI=1S/C26H46O3/c1-11-13-14-20(5)24(17-27)23(8)26(29-10)22(7)16-18(3)15-21(6)25(28-9)19(4)12-2/h11,13-15,17,19-26H,1,12,16H2,2-10H3/b14-13-,18-15-. The Hall–Kier alpha value is -1.19. The molecular formula is C26H46O3. The van der Waals surface area contributed by atoms with Gasteiger partial charge in [0.05, 0.1) is 12.2 Å². The van der Waals surface area contributed by atoms with E-state index in [9.17, 15) is 4.79 Å². The van der Waals surface area contributed by atoms with Gasteiger partial charge in [-0.3, -0.25) is 0 Å². The largest absolute Gasteiger partial charge is 0.381 e. The minimum atomic E-state index is -0.0786. The maximum Gasteiger partial charge on any atom is 0.124 e. The summed E-state index contributed by atoms with van der Waals surface area (Å²) in [5, 5.41) is 0. The molecule has 0 fully saturated rings. The Labute approximate surface area is 180 Å². The molecule has 0 aliphatic rings. The van der Waals surface area contributed by atoms with Gasteiger partial charge in [0, 0.05) is 26.1 Å². The molecule has 0 rings (SSSR count). The molecule has 0 radical (unpaired) electrons. The Morgan fingerprint density at radius 3 is 2.00 bits per heavy atom. The fraction of sp³-hybridized carbons (Fsp3) is 0.731. The third kappa shape index (κ3) is 9.00. The lowest BCUT2D eigenvalue weighted by Gasteiger charge is -2.34. The van der Waals surface area contributed by atoms with Crippen LogP contribution in [0, 0.1) is 35.5 Å². The molecule has 0 aliphatic carbocycles. The van der Waals surface area contributed by atoms with E-state index in [2.05, 4.69) is 61.1 Å². The molecule has 0 saturated carbocycles. The Bertz CT molecular complexity index is 522. The van der Waals surface area contributed by atoms with Crippen LogP contribution in [0.5, 0.6) is 0 Å². The van der Waals surface area contributed by atoms with Crippen molar-refractivity contribution in [2.45, 2.75) is 73.5 Å². The van der Waals surface area contributed by atoms with E-state index in [1.165, 1.54) is 5.57 Å². The molecule has 0 saturated heterocycles. The van der Waals surface area contributed by atoms with E-state index < -0.39 is 0 Å². The Balaban J connectivity index is 5.24. The Kier molecular flexibility index (Phi) is 14.1. The molecule has 0 amide bonds. The first-order valence-corrected chi connectivity index (χ1v) is 11.2. The van der Waals surface area contributed by atoms with Crippen molar-refractivity contribution in [2.75, 3.05) is 14.2 Å². The molecule has 0 aliphatic heterocycles. The van der Waals surface area contributed by atoms with Gasteiger partial charge in [0.25, 0.3) is 0 Å². The number of aldehydes is 1. The Morgan fingerprint density at radius 1 is 0.966 bits per heavy atom. The average Bonchev–Trinajstić information content (AvgIpc) is 2.67. The van der Waals surface area contributed by atoms with Gasteiger partial charge in [0.1, 0.15) is 6.29 Å². The highest BCUT2D eigenvalue weighted by Crippen LogP contribution is 2.31. The van der Waals surface area contributed by atoms with E-state index in [0.29, 0.717) is 17.8 Å². The zero-order valence-electron chi connectivity index (χ0n) is 20.4. The lowest BCUT2D eigenvalue weighted by Crippen LogP contribution is -2.36. The smallest absolute Gasteiger partial charge is 0.124 e. The molecule has 29 heavy (non-hydrogen) atoms. The van der Waals surface area contributed by atoms with Crippen molar-refractivity contribution < 1.29 is 14.3 Å². The van der Waals surface area contributed by atoms with Crippen LogP contribution in [0.2, 0.25) is 0 Å². The number of rotatable bonds is 15. The van der Waals surface area contributed by atoms with Crippen LogP contribution < -0.4 is 0 Å². The van der Waals surface area contributed by atoms with E-state index in [4.69, 9.17) is 9.47 Å². The first-order chi connectivity index (χ1) is 13.7. The molecule has 3 nitrogen and oxygen atoms in total. The second-order valence-electron chi connectivity index (χ2n) is 8.89. The maximum absolute atomic E-state index is 11.8. The summed E-state index contributed by atoms with van der Waals surface area (Å²) < 4.78 is 11.6. The third-order valence-corrected chi connectivity index (χ3v) is 6.46. The van der Waals surface area contributed by atoms with Crippen LogP contribution in [0.1, 0.15) is 61.3 Å². The number of ether oxygens (including phenoxy) is 2. The number of carbonyl (C=O) groups excluding carboxylic acids is 1. The van der Waals surface area contributed by atoms with Gasteiger partial charge < -0.3 is 14.3 Å². The minimum absolute atomic E-state index is 0.0243. The molecule has 8 atom stereocenters. The molecule has 0 aromatic rings. The monoisotopic (exact) mass is 406 g/mol. The predicted octanol–water partition coefficient (Wildman–Crippen LogP) is 6.50. The molecule has 8 unspecified atom stereocenters. The summed E-state index contributed by atoms with van der Waals surface area (Å²) in [5.41, 5.74) is 1.35. The number of allylic oxidation sites excluding steroid dienone is 4. The summed E-state index contributed by atoms with van der Waals surface area (Å²) in [5.74, 6) is 1.43. The summed E-state index contributed by atoms with van der Waals surface area (Å²) in [4.78, 5) is 11.8. The molecule has 168 valence electrons. The highest BCUT2D eigenvalue weighted by atomic mass is 16.5. The first kappa shape index (κ1) is 27.8. The number of carbonyl (C=O) groups is 1. The topological polar surface area (TPSA) is 35.5 Å². The molecule has 0 aromatic carbocycles. The second-order valence-corrected chi connectivity index (χ2v) is 8.89. The van der Waals surface area contributed by atoms with Crippen molar-refractivity contribution in [1.29, 1.82) is 0 Å². The van der Waals surface area contributed by atoms with E-state index in [0.717, 1.165) is 19.1 Å². The van der Waals surface area contributed by atoms with Gasteiger partial charge in [0.15, 0.2) is 0 Å². The fourth-order valence-corrected chi connectivity index (χ4v) is 4.73. The van der Waals surface area contributed by atoms with Gasteiger partial charge in [-0.25, -0.2) is 0 Å². The normalized spacial score (nSPS) is 21.1. The number of hydrogen-bond donors (Lipinski definition) is 0. The lowest BCUT2D eigenvalue weighted by molar-refractivity contribution is -0.116. The van der Waals surface area contributed by atoms with E-state index >= 15 is 0 Å². The summed E-state index contributed by atoms with van der Waals surface area (Å²) >= 11 is 0. The molecule has 0 spiro atoms. The summed E-state index contributed by atoms with van der Waals surface area (Å²) in [6, 6.07) is 0. The number of hydrogen-bond acceptors (Lipinski definition) is 3. The summed E-state index contributed by atoms with van der Waals surface area (Å²) in [6.45, 7) is 19.0. The van der Waals surface area contributed by atoms with Gasteiger partial charge in [-0.15, -0.1) is 0 Å². The quantitative estimate of drug-likeness (QED) is 0.177. The zero-order valence-corrected chi connectivity index (χ0v) is 20.4. The molecule has 0 heterocycles. The molecule has 0 aromatic heterocycles. The first-order valence-electron chi connectivity index (χ1n) is 11.2. The predicted molar refractivity (Wildman–Crippen MR) is 125 cm³/mol. The van der Waals surface area contributed by atoms with E-state index in [1.807, 2.05) is 19.3 Å². The van der Waals surface area contributed by atoms with Crippen LogP contribution in [0.15, 0.2) is 36.5 Å². The van der Waals surface area contributed by atoms with Crippen molar-refractivity contribution >= 4 is 6.29 Å². The van der Waals surface area contributed by atoms with Crippen LogP contribution >= 0.6 is 0 Å².